The van der Waals surface area contributed by atoms with Gasteiger partial charge in [-0.25, -0.2) is 0 Å². The molecule has 0 atom stereocenters. The van der Waals surface area contributed by atoms with Crippen LogP contribution in [-0.4, -0.2) is 16.4 Å². The average molecular weight is 351 g/mol. The molecule has 0 bridgehead atoms. The predicted molar refractivity (Wildman–Crippen MR) is 101 cm³/mol. The molecule has 0 radical (unpaired) electrons. The van der Waals surface area contributed by atoms with Gasteiger partial charge in [0.25, 0.3) is 11.4 Å². The van der Waals surface area contributed by atoms with E-state index in [1.807, 2.05) is 37.4 Å². The molecule has 0 unspecified atom stereocenters. The predicted octanol–water partition coefficient (Wildman–Crippen LogP) is 4.79. The maximum Gasteiger partial charge on any atom is 0.283 e. The van der Waals surface area contributed by atoms with E-state index in [0.717, 1.165) is 35.0 Å². The molecule has 1 heterocycles. The van der Waals surface area contributed by atoms with Crippen molar-refractivity contribution in [1.82, 2.24) is 0 Å². The van der Waals surface area contributed by atoms with Gasteiger partial charge in [-0.1, -0.05) is 18.2 Å². The number of non-ortho nitro benzene ring substituents is 1. The van der Waals surface area contributed by atoms with Crippen LogP contribution in [0.15, 0.2) is 54.2 Å². The van der Waals surface area contributed by atoms with Crippen molar-refractivity contribution >= 4 is 28.7 Å². The molecule has 0 saturated carbocycles. The number of hydrogen-bond acceptors (Lipinski definition) is 5. The summed E-state index contributed by atoms with van der Waals surface area (Å²) in [6, 6.07) is 11.5. The van der Waals surface area contributed by atoms with Crippen molar-refractivity contribution in [2.24, 2.45) is 0 Å². The zero-order chi connectivity index (χ0) is 18.8. The Kier molecular flexibility index (Phi) is 4.53. The van der Waals surface area contributed by atoms with Crippen molar-refractivity contribution in [3.63, 3.8) is 0 Å². The number of rotatable bonds is 4. The summed E-state index contributed by atoms with van der Waals surface area (Å²) in [4.78, 5) is 23.2. The highest BCUT2D eigenvalue weighted by Crippen LogP contribution is 2.39. The third kappa shape index (κ3) is 3.06. The number of nitro benzene ring substituents is 2. The summed E-state index contributed by atoms with van der Waals surface area (Å²) in [5.74, 6) is 0. The van der Waals surface area contributed by atoms with Gasteiger partial charge < -0.3 is 4.90 Å². The number of benzene rings is 2. The molecular formula is C19H17N3O4. The smallest absolute Gasteiger partial charge is 0.283 e. The average Bonchev–Trinajstić information content (AvgIpc) is 2.63. The Labute approximate surface area is 150 Å². The molecule has 2 aromatic rings. The SMILES string of the molecule is CCN1C=C(C)/C(=C\c2ccc([N+](=O)[O-])cc2[N+](=O)[O-])c2ccccc21. The van der Waals surface area contributed by atoms with Crippen LogP contribution in [0.3, 0.4) is 0 Å². The fraction of sp³-hybridized carbons (Fsp3) is 0.158. The second kappa shape index (κ2) is 6.79. The molecular weight excluding hydrogens is 334 g/mol. The van der Waals surface area contributed by atoms with Crippen molar-refractivity contribution < 1.29 is 9.85 Å². The number of nitro groups is 2. The van der Waals surface area contributed by atoms with Gasteiger partial charge in [0.2, 0.25) is 0 Å². The molecule has 0 saturated heterocycles. The van der Waals surface area contributed by atoms with Crippen LogP contribution in [0.5, 0.6) is 0 Å². The normalized spacial score (nSPS) is 14.8. The lowest BCUT2D eigenvalue weighted by Gasteiger charge is -2.29. The summed E-state index contributed by atoms with van der Waals surface area (Å²) in [5.41, 5.74) is 3.59. The van der Waals surface area contributed by atoms with Crippen molar-refractivity contribution in [2.75, 3.05) is 11.4 Å². The number of para-hydroxylation sites is 1. The van der Waals surface area contributed by atoms with Gasteiger partial charge >= 0.3 is 0 Å². The highest BCUT2D eigenvalue weighted by Gasteiger charge is 2.22. The number of allylic oxidation sites excluding steroid dienone is 2. The van der Waals surface area contributed by atoms with E-state index >= 15 is 0 Å². The van der Waals surface area contributed by atoms with E-state index in [1.165, 1.54) is 12.1 Å². The second-order valence-electron chi connectivity index (χ2n) is 5.93. The standard InChI is InChI=1S/C19H17N3O4/c1-3-20-12-13(2)17(16-6-4-5-7-18(16)20)10-14-8-9-15(21(23)24)11-19(14)22(25)26/h4-12H,3H2,1-2H3/b17-10+. The van der Waals surface area contributed by atoms with Crippen LogP contribution in [0.1, 0.15) is 25.0 Å². The van der Waals surface area contributed by atoms with E-state index in [9.17, 15) is 20.2 Å². The first kappa shape index (κ1) is 17.3. The minimum absolute atomic E-state index is 0.282. The van der Waals surface area contributed by atoms with Crippen LogP contribution < -0.4 is 4.90 Å². The van der Waals surface area contributed by atoms with Crippen LogP contribution in [0.2, 0.25) is 0 Å². The highest BCUT2D eigenvalue weighted by molar-refractivity contribution is 5.98. The van der Waals surface area contributed by atoms with Gasteiger partial charge in [0.15, 0.2) is 0 Å². The van der Waals surface area contributed by atoms with Crippen molar-refractivity contribution in [1.29, 1.82) is 0 Å². The van der Waals surface area contributed by atoms with Crippen LogP contribution in [0.25, 0.3) is 11.6 Å². The zero-order valence-electron chi connectivity index (χ0n) is 14.4. The van der Waals surface area contributed by atoms with Crippen LogP contribution >= 0.6 is 0 Å². The third-order valence-corrected chi connectivity index (χ3v) is 4.34. The summed E-state index contributed by atoms with van der Waals surface area (Å²) < 4.78 is 0. The van der Waals surface area contributed by atoms with E-state index in [2.05, 4.69) is 11.8 Å². The molecule has 3 rings (SSSR count). The number of anilines is 1. The van der Waals surface area contributed by atoms with Gasteiger partial charge in [-0.2, -0.15) is 0 Å². The molecule has 0 fully saturated rings. The molecule has 7 nitrogen and oxygen atoms in total. The molecule has 7 heteroatoms. The Morgan fingerprint density at radius 2 is 1.81 bits per heavy atom. The maximum absolute atomic E-state index is 11.4. The number of nitrogens with zero attached hydrogens (tertiary/aromatic N) is 3. The van der Waals surface area contributed by atoms with Gasteiger partial charge in [0.05, 0.1) is 21.5 Å². The summed E-state index contributed by atoms with van der Waals surface area (Å²) >= 11 is 0. The minimum atomic E-state index is -0.635. The lowest BCUT2D eigenvalue weighted by Crippen LogP contribution is -2.20. The highest BCUT2D eigenvalue weighted by atomic mass is 16.6. The lowest BCUT2D eigenvalue weighted by atomic mass is 9.92. The first-order valence-corrected chi connectivity index (χ1v) is 8.11. The van der Waals surface area contributed by atoms with E-state index in [-0.39, 0.29) is 11.4 Å². The molecule has 1 aliphatic heterocycles. The molecule has 0 aliphatic carbocycles. The summed E-state index contributed by atoms with van der Waals surface area (Å²) in [6.45, 7) is 4.80. The van der Waals surface area contributed by atoms with Crippen LogP contribution in [0, 0.1) is 20.2 Å². The second-order valence-corrected chi connectivity index (χ2v) is 5.93. The molecule has 2 aromatic carbocycles. The first-order valence-electron chi connectivity index (χ1n) is 8.11. The van der Waals surface area contributed by atoms with E-state index < -0.39 is 9.85 Å². The minimum Gasteiger partial charge on any atom is -0.347 e. The van der Waals surface area contributed by atoms with Gasteiger partial charge in [-0.15, -0.1) is 0 Å². The third-order valence-electron chi connectivity index (χ3n) is 4.34. The van der Waals surface area contributed by atoms with Crippen LogP contribution in [0.4, 0.5) is 17.1 Å². The summed E-state index contributed by atoms with van der Waals surface area (Å²) in [6.07, 6.45) is 3.73. The van der Waals surface area contributed by atoms with Crippen LogP contribution in [-0.2, 0) is 0 Å². The topological polar surface area (TPSA) is 89.5 Å². The van der Waals surface area contributed by atoms with Gasteiger partial charge in [0, 0.05) is 30.1 Å². The molecule has 0 spiro atoms. The van der Waals surface area contributed by atoms with E-state index in [1.54, 1.807) is 6.08 Å². The fourth-order valence-corrected chi connectivity index (χ4v) is 3.07. The first-order chi connectivity index (χ1) is 12.4. The molecule has 1 aliphatic rings. The summed E-state index contributed by atoms with van der Waals surface area (Å²) in [7, 11) is 0. The molecule has 0 N–H and O–H groups in total. The quantitative estimate of drug-likeness (QED) is 0.584. The largest absolute Gasteiger partial charge is 0.347 e. The van der Waals surface area contributed by atoms with Crippen molar-refractivity contribution in [2.45, 2.75) is 13.8 Å². The molecule has 0 aromatic heterocycles. The number of hydrogen-bond donors (Lipinski definition) is 0. The Morgan fingerprint density at radius 3 is 2.46 bits per heavy atom. The Morgan fingerprint density at radius 1 is 1.08 bits per heavy atom. The Bertz CT molecular complexity index is 963. The molecule has 26 heavy (non-hydrogen) atoms. The molecule has 132 valence electrons. The van der Waals surface area contributed by atoms with Crippen molar-refractivity contribution in [3.8, 4) is 0 Å². The van der Waals surface area contributed by atoms with Gasteiger partial charge in [0.1, 0.15) is 0 Å². The fourth-order valence-electron chi connectivity index (χ4n) is 3.07. The van der Waals surface area contributed by atoms with E-state index in [4.69, 9.17) is 0 Å². The Balaban J connectivity index is 2.19. The maximum atomic E-state index is 11.4. The van der Waals surface area contributed by atoms with E-state index in [0.29, 0.717) is 5.56 Å². The zero-order valence-corrected chi connectivity index (χ0v) is 14.4. The summed E-state index contributed by atoms with van der Waals surface area (Å²) in [5, 5.41) is 22.3. The van der Waals surface area contributed by atoms with Gasteiger partial charge in [-0.05, 0) is 43.2 Å². The monoisotopic (exact) mass is 351 g/mol. The lowest BCUT2D eigenvalue weighted by molar-refractivity contribution is -0.394. The van der Waals surface area contributed by atoms with Crippen molar-refractivity contribution in [3.05, 3.63) is 85.6 Å². The number of fused-ring (bicyclic) bond motifs is 1. The van der Waals surface area contributed by atoms with Gasteiger partial charge in [-0.3, -0.25) is 20.2 Å². The Hall–Kier alpha value is -3.48. The molecule has 0 amide bonds.